The van der Waals surface area contributed by atoms with Gasteiger partial charge in [-0.3, -0.25) is 4.99 Å². The van der Waals surface area contributed by atoms with Crippen LogP contribution >= 0.6 is 0 Å². The van der Waals surface area contributed by atoms with Gasteiger partial charge < -0.3 is 8.83 Å². The minimum atomic E-state index is 0.102. The van der Waals surface area contributed by atoms with Crippen LogP contribution in [-0.4, -0.2) is 5.71 Å². The Morgan fingerprint density at radius 1 is 0.456 bits per heavy atom. The molecule has 3 heteroatoms. The van der Waals surface area contributed by atoms with Crippen molar-refractivity contribution >= 4 is 66.1 Å². The van der Waals surface area contributed by atoms with E-state index in [1.54, 1.807) is 0 Å². The number of benzene rings is 8. The molecule has 8 aromatic carbocycles. The van der Waals surface area contributed by atoms with E-state index in [9.17, 15) is 0 Å². The zero-order chi connectivity index (χ0) is 37.9. The molecule has 272 valence electrons. The van der Waals surface area contributed by atoms with Gasteiger partial charge in [0.1, 0.15) is 22.3 Å². The molecule has 1 aliphatic rings. The van der Waals surface area contributed by atoms with Crippen molar-refractivity contribution in [3.05, 3.63) is 199 Å². The Morgan fingerprint density at radius 2 is 1.02 bits per heavy atom. The van der Waals surface area contributed by atoms with Crippen LogP contribution in [0.25, 0.3) is 82.6 Å². The average Bonchev–Trinajstić information content (AvgIpc) is 3.77. The number of hydrogen-bond acceptors (Lipinski definition) is 3. The fourth-order valence-electron chi connectivity index (χ4n) is 8.99. The normalized spacial score (nSPS) is 16.0. The fraction of sp³-hybridized carbons (Fsp3) is 0.0926. The van der Waals surface area contributed by atoms with Crippen molar-refractivity contribution in [3.8, 4) is 22.3 Å². The first-order valence-corrected chi connectivity index (χ1v) is 20.0. The summed E-state index contributed by atoms with van der Waals surface area (Å²) in [5.74, 6) is 0.422. The summed E-state index contributed by atoms with van der Waals surface area (Å²) < 4.78 is 12.8. The molecule has 0 radical (unpaired) electrons. The van der Waals surface area contributed by atoms with Crippen molar-refractivity contribution in [2.75, 3.05) is 0 Å². The molecule has 2 unspecified atom stereocenters. The molecule has 11 rings (SSSR count). The minimum Gasteiger partial charge on any atom is -0.456 e. The lowest BCUT2D eigenvalue weighted by Crippen LogP contribution is -2.15. The zero-order valence-electron chi connectivity index (χ0n) is 31.7. The number of aliphatic imine (C=N–C) groups is 1. The van der Waals surface area contributed by atoms with Crippen LogP contribution in [0.15, 0.2) is 196 Å². The predicted octanol–water partition coefficient (Wildman–Crippen LogP) is 15.0. The summed E-state index contributed by atoms with van der Waals surface area (Å²) in [5.41, 5.74) is 13.9. The Labute approximate surface area is 331 Å². The van der Waals surface area contributed by atoms with Crippen molar-refractivity contribution in [2.45, 2.75) is 25.7 Å². The summed E-state index contributed by atoms with van der Waals surface area (Å²) in [6, 6.07) is 63.1. The highest BCUT2D eigenvalue weighted by Gasteiger charge is 2.28. The number of allylic oxidation sites excluding steroid dienone is 1. The van der Waals surface area contributed by atoms with Crippen LogP contribution in [0.2, 0.25) is 0 Å². The van der Waals surface area contributed by atoms with Crippen LogP contribution in [-0.2, 0) is 0 Å². The fourth-order valence-corrected chi connectivity index (χ4v) is 8.99. The maximum absolute atomic E-state index is 6.41. The molecule has 0 saturated heterocycles. The monoisotopic (exact) mass is 733 g/mol. The van der Waals surface area contributed by atoms with E-state index in [-0.39, 0.29) is 5.92 Å². The van der Waals surface area contributed by atoms with Crippen LogP contribution in [0.1, 0.15) is 42.4 Å². The average molecular weight is 734 g/mol. The molecule has 0 N–H and O–H groups in total. The summed E-state index contributed by atoms with van der Waals surface area (Å²) in [6.45, 7) is 2.32. The lowest BCUT2D eigenvalue weighted by Gasteiger charge is -2.25. The maximum atomic E-state index is 6.41. The summed E-state index contributed by atoms with van der Waals surface area (Å²) in [6.07, 6.45) is 4.32. The number of nitrogens with zero attached hydrogens (tertiary/aromatic N) is 1. The van der Waals surface area contributed by atoms with Crippen molar-refractivity contribution in [3.63, 3.8) is 0 Å². The molecule has 2 atom stereocenters. The van der Waals surface area contributed by atoms with E-state index in [1.165, 1.54) is 21.9 Å². The molecule has 3 heterocycles. The van der Waals surface area contributed by atoms with E-state index in [2.05, 4.69) is 165 Å². The molecule has 2 aromatic heterocycles. The van der Waals surface area contributed by atoms with Gasteiger partial charge in [-0.15, -0.1) is 0 Å². The molecular formula is C54H39NO2. The van der Waals surface area contributed by atoms with Gasteiger partial charge in [-0.05, 0) is 105 Å². The molecule has 10 aromatic rings. The van der Waals surface area contributed by atoms with E-state index >= 15 is 0 Å². The highest BCUT2D eigenvalue weighted by Crippen LogP contribution is 2.43. The predicted molar refractivity (Wildman–Crippen MR) is 238 cm³/mol. The maximum Gasteiger partial charge on any atom is 0.136 e. The molecule has 3 nitrogen and oxygen atoms in total. The Balaban J connectivity index is 1.11. The van der Waals surface area contributed by atoms with Gasteiger partial charge >= 0.3 is 0 Å². The molecule has 0 spiro atoms. The first-order chi connectivity index (χ1) is 28.1. The van der Waals surface area contributed by atoms with Gasteiger partial charge in [-0.2, -0.15) is 0 Å². The largest absolute Gasteiger partial charge is 0.456 e. The molecule has 1 aliphatic heterocycles. The van der Waals surface area contributed by atoms with Gasteiger partial charge in [0.05, 0.1) is 5.70 Å². The van der Waals surface area contributed by atoms with Gasteiger partial charge in [0, 0.05) is 38.7 Å². The van der Waals surface area contributed by atoms with Crippen LogP contribution in [0, 0.1) is 5.92 Å². The number of para-hydroxylation sites is 2. The van der Waals surface area contributed by atoms with Crippen LogP contribution < -0.4 is 0 Å². The van der Waals surface area contributed by atoms with Crippen molar-refractivity contribution < 1.29 is 8.83 Å². The Morgan fingerprint density at radius 3 is 1.67 bits per heavy atom. The zero-order valence-corrected chi connectivity index (χ0v) is 31.7. The standard InChI is InChI=1S/C54H39NO2/c1-2-34-30-49(36-13-4-3-5-14-36)55-50(40-21-20-35-12-6-7-15-37(35)26-40)33-48(34)43-28-41(38-22-24-46-44-16-8-10-18-51(44)56-53(46)31-38)27-42(29-43)39-23-25-47-45-17-9-11-19-52(45)57-54(47)32-39/h3-29,31-34,48H,2,30H2,1H3. The first-order valence-electron chi connectivity index (χ1n) is 20.0. The molecule has 0 saturated carbocycles. The van der Waals surface area contributed by atoms with Crippen molar-refractivity contribution in [1.82, 2.24) is 0 Å². The second-order valence-corrected chi connectivity index (χ2v) is 15.4. The highest BCUT2D eigenvalue weighted by molar-refractivity contribution is 6.07. The van der Waals surface area contributed by atoms with Crippen LogP contribution in [0.5, 0.6) is 0 Å². The van der Waals surface area contributed by atoms with E-state index in [0.29, 0.717) is 5.92 Å². The van der Waals surface area contributed by atoms with E-state index in [1.807, 2.05) is 24.3 Å². The summed E-state index contributed by atoms with van der Waals surface area (Å²) >= 11 is 0. The third-order valence-corrected chi connectivity index (χ3v) is 12.0. The minimum absolute atomic E-state index is 0.102. The SMILES string of the molecule is CCC1CC(c2ccccc2)=NC(c2ccc3ccccc3c2)=CC1c1cc(-c2ccc3c(c2)oc2ccccc23)cc(-c2ccc3c(c2)oc2ccccc23)c1. The van der Waals surface area contributed by atoms with Crippen molar-refractivity contribution in [2.24, 2.45) is 10.9 Å². The highest BCUT2D eigenvalue weighted by atomic mass is 16.3. The topological polar surface area (TPSA) is 38.6 Å². The molecule has 57 heavy (non-hydrogen) atoms. The number of furan rings is 2. The van der Waals surface area contributed by atoms with Gasteiger partial charge in [-0.25, -0.2) is 0 Å². The lowest BCUT2D eigenvalue weighted by atomic mass is 9.78. The van der Waals surface area contributed by atoms with E-state index in [0.717, 1.165) is 95.9 Å². The Bertz CT molecular complexity index is 3080. The van der Waals surface area contributed by atoms with Gasteiger partial charge in [0.15, 0.2) is 0 Å². The molecule has 0 amide bonds. The van der Waals surface area contributed by atoms with E-state index < -0.39 is 0 Å². The molecule has 0 bridgehead atoms. The molecule has 0 aliphatic carbocycles. The molecule has 0 fully saturated rings. The number of fused-ring (bicyclic) bond motifs is 7. The molecular weight excluding hydrogens is 695 g/mol. The smallest absolute Gasteiger partial charge is 0.136 e. The number of rotatable bonds is 6. The Hall–Kier alpha value is -6.97. The summed E-state index contributed by atoms with van der Waals surface area (Å²) in [4.78, 5) is 5.52. The van der Waals surface area contributed by atoms with Crippen LogP contribution in [0.4, 0.5) is 0 Å². The second kappa shape index (κ2) is 13.6. The summed E-state index contributed by atoms with van der Waals surface area (Å²) in [5, 5.41) is 6.97. The number of hydrogen-bond donors (Lipinski definition) is 0. The summed E-state index contributed by atoms with van der Waals surface area (Å²) in [7, 11) is 0. The third kappa shape index (κ3) is 5.95. The van der Waals surface area contributed by atoms with Crippen LogP contribution in [0.3, 0.4) is 0 Å². The second-order valence-electron chi connectivity index (χ2n) is 15.4. The Kier molecular flexibility index (Phi) is 7.99. The van der Waals surface area contributed by atoms with Gasteiger partial charge in [-0.1, -0.05) is 147 Å². The van der Waals surface area contributed by atoms with Gasteiger partial charge in [0.2, 0.25) is 0 Å². The third-order valence-electron chi connectivity index (χ3n) is 12.0. The quantitative estimate of drug-likeness (QED) is 0.171. The van der Waals surface area contributed by atoms with E-state index in [4.69, 9.17) is 13.8 Å². The lowest BCUT2D eigenvalue weighted by molar-refractivity contribution is 0.481. The van der Waals surface area contributed by atoms with Gasteiger partial charge in [0.25, 0.3) is 0 Å². The first kappa shape index (κ1) is 33.4. The van der Waals surface area contributed by atoms with Crippen molar-refractivity contribution in [1.29, 1.82) is 0 Å².